The van der Waals surface area contributed by atoms with Crippen molar-refractivity contribution in [3.8, 4) is 0 Å². The Morgan fingerprint density at radius 1 is 1.27 bits per heavy atom. The summed E-state index contributed by atoms with van der Waals surface area (Å²) in [5.41, 5.74) is 1.22. The molecule has 0 saturated carbocycles. The van der Waals surface area contributed by atoms with Gasteiger partial charge in [-0.05, 0) is 51.4 Å². The smallest absolute Gasteiger partial charge is 0.119 e. The van der Waals surface area contributed by atoms with Crippen LogP contribution >= 0.6 is 12.2 Å². The fourth-order valence-electron chi connectivity index (χ4n) is 3.04. The predicted octanol–water partition coefficient (Wildman–Crippen LogP) is 3.59. The lowest BCUT2D eigenvalue weighted by Gasteiger charge is -2.28. The molecule has 0 amide bonds. The molecule has 148 valence electrons. The van der Waals surface area contributed by atoms with Crippen molar-refractivity contribution in [3.63, 3.8) is 0 Å². The third-order valence-electron chi connectivity index (χ3n) is 4.68. The maximum atomic E-state index is 12.9. The Kier molecular flexibility index (Phi) is 10.3. The van der Waals surface area contributed by atoms with Gasteiger partial charge in [-0.15, -0.1) is 0 Å². The van der Waals surface area contributed by atoms with E-state index in [9.17, 15) is 8.94 Å². The van der Waals surface area contributed by atoms with Gasteiger partial charge in [0.15, 0.2) is 0 Å². The molecule has 0 aromatic rings. The number of nitrogens with one attached hydrogen (secondary N) is 1. The van der Waals surface area contributed by atoms with Crippen molar-refractivity contribution < 1.29 is 13.7 Å². The molecule has 26 heavy (non-hydrogen) atoms. The molecular formula is C19H32FN3O2S. The van der Waals surface area contributed by atoms with Crippen molar-refractivity contribution in [3.05, 3.63) is 35.8 Å². The summed E-state index contributed by atoms with van der Waals surface area (Å²) in [6, 6.07) is 0. The zero-order valence-corrected chi connectivity index (χ0v) is 16.5. The van der Waals surface area contributed by atoms with Crippen molar-refractivity contribution in [2.24, 2.45) is 0 Å². The van der Waals surface area contributed by atoms with Gasteiger partial charge < -0.3 is 19.5 Å². The van der Waals surface area contributed by atoms with Crippen molar-refractivity contribution in [1.82, 2.24) is 14.5 Å². The molecule has 0 aromatic heterocycles. The van der Waals surface area contributed by atoms with Crippen LogP contribution in [0.3, 0.4) is 0 Å². The maximum Gasteiger partial charge on any atom is 0.119 e. The monoisotopic (exact) mass is 385 g/mol. The summed E-state index contributed by atoms with van der Waals surface area (Å²) in [5, 5.41) is 3.29. The number of hydrogen-bond acceptors (Lipinski definition) is 6. The highest BCUT2D eigenvalue weighted by atomic mass is 32.2. The number of ether oxygens (including phenoxy) is 1. The zero-order valence-electron chi connectivity index (χ0n) is 15.7. The van der Waals surface area contributed by atoms with Crippen LogP contribution in [0.4, 0.5) is 4.39 Å². The van der Waals surface area contributed by atoms with E-state index in [-0.39, 0.29) is 11.9 Å². The second kappa shape index (κ2) is 12.5. The van der Waals surface area contributed by atoms with Crippen LogP contribution in [-0.2, 0) is 4.74 Å². The van der Waals surface area contributed by atoms with E-state index in [4.69, 9.17) is 4.74 Å². The topological polar surface area (TPSA) is 48.0 Å². The highest BCUT2D eigenvalue weighted by Gasteiger charge is 2.13. The van der Waals surface area contributed by atoms with Gasteiger partial charge >= 0.3 is 0 Å². The van der Waals surface area contributed by atoms with Crippen LogP contribution in [0.15, 0.2) is 35.8 Å². The quantitative estimate of drug-likeness (QED) is 0.304. The summed E-state index contributed by atoms with van der Waals surface area (Å²) >= 11 is 0.828. The van der Waals surface area contributed by atoms with Gasteiger partial charge in [-0.25, -0.2) is 4.39 Å². The lowest BCUT2D eigenvalue weighted by Crippen LogP contribution is -2.32. The molecule has 0 saturated heterocycles. The first-order chi connectivity index (χ1) is 12.7. The van der Waals surface area contributed by atoms with E-state index < -0.39 is 0 Å². The molecule has 2 aliphatic rings. The minimum absolute atomic E-state index is 0.0310. The molecule has 1 atom stereocenters. The Bertz CT molecular complexity index is 499. The second-order valence-corrected chi connectivity index (χ2v) is 7.39. The van der Waals surface area contributed by atoms with E-state index in [1.165, 1.54) is 11.8 Å². The molecule has 2 N–H and O–H groups in total. The minimum Gasteiger partial charge on any atom is -0.374 e. The molecule has 0 spiro atoms. The molecular weight excluding hydrogens is 353 g/mol. The molecule has 0 aromatic carbocycles. The number of halogens is 1. The zero-order chi connectivity index (χ0) is 18.6. The molecule has 1 aliphatic heterocycles. The van der Waals surface area contributed by atoms with Crippen LogP contribution in [-0.4, -0.2) is 66.2 Å². The Hall–Kier alpha value is -0.860. The maximum absolute atomic E-state index is 12.9. The van der Waals surface area contributed by atoms with Gasteiger partial charge in [-0.3, -0.25) is 4.31 Å². The Labute approximate surface area is 161 Å². The van der Waals surface area contributed by atoms with E-state index in [1.54, 1.807) is 12.2 Å². The van der Waals surface area contributed by atoms with Gasteiger partial charge in [0.05, 0.1) is 6.10 Å². The molecule has 7 heteroatoms. The standard InChI is InChI=1S/C19H32FN3O2S/c1-22(14-15-23(26-24)18-9-11-21-12-10-18)13-3-2-4-16-25-19-7-5-17(20)6-8-19/h5-7,9,19,21,24H,2-4,8,10-16H2,1H3. The largest absolute Gasteiger partial charge is 0.374 e. The number of allylic oxidation sites excluding steroid dienone is 2. The Balaban J connectivity index is 1.49. The molecule has 1 unspecified atom stereocenters. The number of likely N-dealkylation sites (N-methyl/N-ethyl adjacent to an activating group) is 1. The molecule has 0 fully saturated rings. The fraction of sp³-hybridized carbons (Fsp3) is 0.684. The molecule has 1 heterocycles. The fourth-order valence-corrected chi connectivity index (χ4v) is 3.47. The van der Waals surface area contributed by atoms with E-state index in [2.05, 4.69) is 23.3 Å². The third kappa shape index (κ3) is 8.22. The normalized spacial score (nSPS) is 20.2. The first-order valence-electron chi connectivity index (χ1n) is 9.52. The van der Waals surface area contributed by atoms with Crippen molar-refractivity contribution in [2.75, 3.05) is 46.4 Å². The van der Waals surface area contributed by atoms with Crippen LogP contribution in [0.5, 0.6) is 0 Å². The summed E-state index contributed by atoms with van der Waals surface area (Å²) in [7, 11) is 2.13. The SMILES string of the molecule is CN(CCCCCOC1C=CC(F)=CC1)CCN(SO)C1=CCNCC1. The summed E-state index contributed by atoms with van der Waals surface area (Å²) in [6.07, 6.45) is 11.9. The first kappa shape index (κ1) is 21.4. The number of nitrogens with zero attached hydrogens (tertiary/aromatic N) is 2. The second-order valence-electron chi connectivity index (χ2n) is 6.79. The number of hydrogen-bond donors (Lipinski definition) is 2. The minimum atomic E-state index is -0.164. The van der Waals surface area contributed by atoms with Crippen LogP contribution in [0.2, 0.25) is 0 Å². The molecule has 2 rings (SSSR count). The summed E-state index contributed by atoms with van der Waals surface area (Å²) in [5.74, 6) is -0.164. The van der Waals surface area contributed by atoms with Crippen LogP contribution in [0, 0.1) is 0 Å². The summed E-state index contributed by atoms with van der Waals surface area (Å²) in [6.45, 7) is 5.38. The summed E-state index contributed by atoms with van der Waals surface area (Å²) < 4.78 is 30.1. The van der Waals surface area contributed by atoms with Gasteiger partial charge in [0.2, 0.25) is 0 Å². The molecule has 0 radical (unpaired) electrons. The first-order valence-corrected chi connectivity index (χ1v) is 10.2. The third-order valence-corrected chi connectivity index (χ3v) is 5.29. The lowest BCUT2D eigenvalue weighted by molar-refractivity contribution is 0.0821. The van der Waals surface area contributed by atoms with E-state index >= 15 is 0 Å². The highest BCUT2D eigenvalue weighted by Crippen LogP contribution is 2.18. The van der Waals surface area contributed by atoms with Crippen LogP contribution < -0.4 is 5.32 Å². The summed E-state index contributed by atoms with van der Waals surface area (Å²) in [4.78, 5) is 2.31. The van der Waals surface area contributed by atoms with E-state index in [1.807, 2.05) is 4.31 Å². The van der Waals surface area contributed by atoms with E-state index in [0.717, 1.165) is 77.2 Å². The van der Waals surface area contributed by atoms with Crippen LogP contribution in [0.25, 0.3) is 0 Å². The van der Waals surface area contributed by atoms with Gasteiger partial charge in [0.1, 0.15) is 18.1 Å². The van der Waals surface area contributed by atoms with Gasteiger partial charge in [-0.2, -0.15) is 0 Å². The van der Waals surface area contributed by atoms with Gasteiger partial charge in [-0.1, -0.05) is 12.2 Å². The lowest BCUT2D eigenvalue weighted by atomic mass is 10.1. The van der Waals surface area contributed by atoms with Gasteiger partial charge in [0.25, 0.3) is 0 Å². The predicted molar refractivity (Wildman–Crippen MR) is 107 cm³/mol. The van der Waals surface area contributed by atoms with Gasteiger partial charge in [0, 0.05) is 44.9 Å². The Morgan fingerprint density at radius 2 is 2.15 bits per heavy atom. The van der Waals surface area contributed by atoms with E-state index in [0.29, 0.717) is 6.42 Å². The molecule has 5 nitrogen and oxygen atoms in total. The van der Waals surface area contributed by atoms with Crippen molar-refractivity contribution in [2.45, 2.75) is 38.2 Å². The highest BCUT2D eigenvalue weighted by molar-refractivity contribution is 7.91. The van der Waals surface area contributed by atoms with Crippen molar-refractivity contribution >= 4 is 12.2 Å². The molecule has 0 bridgehead atoms. The number of rotatable bonds is 12. The average molecular weight is 386 g/mol. The van der Waals surface area contributed by atoms with Crippen molar-refractivity contribution in [1.29, 1.82) is 0 Å². The average Bonchev–Trinajstić information content (AvgIpc) is 2.67. The molecule has 1 aliphatic carbocycles. The van der Waals surface area contributed by atoms with Crippen LogP contribution in [0.1, 0.15) is 32.1 Å². The Morgan fingerprint density at radius 3 is 2.85 bits per heavy atom. The number of unbranched alkanes of at least 4 members (excludes halogenated alkanes) is 2.